The van der Waals surface area contributed by atoms with Crippen molar-refractivity contribution in [2.24, 2.45) is 11.7 Å². The van der Waals surface area contributed by atoms with Gasteiger partial charge in [0.15, 0.2) is 0 Å². The number of piperidine rings is 1. The van der Waals surface area contributed by atoms with Crippen molar-refractivity contribution in [2.75, 3.05) is 18.0 Å². The molecule has 0 aromatic heterocycles. The van der Waals surface area contributed by atoms with Crippen LogP contribution in [-0.2, 0) is 6.54 Å². The van der Waals surface area contributed by atoms with E-state index in [1.54, 1.807) is 0 Å². The summed E-state index contributed by atoms with van der Waals surface area (Å²) in [4.78, 5) is 2.00. The minimum Gasteiger partial charge on any atom is -0.371 e. The average molecular weight is 337 g/mol. The Balaban J connectivity index is 2.11. The molecule has 0 amide bonds. The molecule has 2 nitrogen and oxygen atoms in total. The molecule has 0 spiro atoms. The average Bonchev–Trinajstić information content (AvgIpc) is 2.38. The van der Waals surface area contributed by atoms with Crippen molar-refractivity contribution in [3.63, 3.8) is 0 Å². The third-order valence-electron chi connectivity index (χ3n) is 3.57. The molecule has 0 aliphatic carbocycles. The van der Waals surface area contributed by atoms with Gasteiger partial charge in [-0.3, -0.25) is 0 Å². The van der Waals surface area contributed by atoms with Crippen LogP contribution in [0, 0.1) is 5.92 Å². The second-order valence-corrected chi connectivity index (χ2v) is 5.70. The van der Waals surface area contributed by atoms with Gasteiger partial charge in [-0.25, -0.2) is 0 Å². The molecule has 2 rings (SSSR count). The zero-order valence-electron chi connectivity index (χ0n) is 10.4. The van der Waals surface area contributed by atoms with Crippen molar-refractivity contribution in [1.82, 2.24) is 0 Å². The molecule has 1 fully saturated rings. The van der Waals surface area contributed by atoms with Crippen molar-refractivity contribution in [3.8, 4) is 0 Å². The van der Waals surface area contributed by atoms with Crippen LogP contribution in [0.3, 0.4) is 0 Å². The van der Waals surface area contributed by atoms with Crippen molar-refractivity contribution >= 4 is 21.6 Å². The fourth-order valence-corrected chi connectivity index (χ4v) is 2.80. The highest BCUT2D eigenvalue weighted by molar-refractivity contribution is 9.10. The molecule has 1 aromatic rings. The fraction of sp³-hybridized carbons (Fsp3) is 0.538. The van der Waals surface area contributed by atoms with Crippen molar-refractivity contribution < 1.29 is 13.2 Å². The van der Waals surface area contributed by atoms with Gasteiger partial charge in [0.25, 0.3) is 0 Å². The standard InChI is InChI=1S/C13H16BrF3N2/c14-11-2-1-9(8-18)12(7-11)19-5-3-10(4-6-19)13(15,16)17/h1-2,7,10H,3-6,8,18H2. The molecule has 0 unspecified atom stereocenters. The highest BCUT2D eigenvalue weighted by Gasteiger charge is 2.41. The molecule has 0 saturated carbocycles. The lowest BCUT2D eigenvalue weighted by Crippen LogP contribution is -2.39. The van der Waals surface area contributed by atoms with Crippen molar-refractivity contribution in [3.05, 3.63) is 28.2 Å². The summed E-state index contributed by atoms with van der Waals surface area (Å²) in [5.41, 5.74) is 7.59. The summed E-state index contributed by atoms with van der Waals surface area (Å²) in [6.45, 7) is 1.24. The molecular formula is C13H16BrF3N2. The van der Waals surface area contributed by atoms with Crippen LogP contribution >= 0.6 is 15.9 Å². The second-order valence-electron chi connectivity index (χ2n) is 4.78. The predicted molar refractivity (Wildman–Crippen MR) is 73.0 cm³/mol. The number of alkyl halides is 3. The Morgan fingerprint density at radius 2 is 1.89 bits per heavy atom. The number of benzene rings is 1. The minimum absolute atomic E-state index is 0.153. The van der Waals surface area contributed by atoms with Crippen molar-refractivity contribution in [1.29, 1.82) is 0 Å². The number of hydrogen-bond donors (Lipinski definition) is 1. The van der Waals surface area contributed by atoms with E-state index in [1.807, 2.05) is 23.1 Å². The Labute approximate surface area is 118 Å². The quantitative estimate of drug-likeness (QED) is 0.892. The Kier molecular flexibility index (Phi) is 4.40. The van der Waals surface area contributed by atoms with Crippen molar-refractivity contribution in [2.45, 2.75) is 25.6 Å². The highest BCUT2D eigenvalue weighted by Crippen LogP contribution is 2.36. The Hall–Kier alpha value is -0.750. The molecule has 0 atom stereocenters. The van der Waals surface area contributed by atoms with E-state index in [9.17, 15) is 13.2 Å². The molecule has 1 saturated heterocycles. The maximum Gasteiger partial charge on any atom is 0.391 e. The van der Waals surface area contributed by atoms with E-state index in [1.165, 1.54) is 0 Å². The van der Waals surface area contributed by atoms with E-state index >= 15 is 0 Å². The summed E-state index contributed by atoms with van der Waals surface area (Å²) in [6, 6.07) is 5.74. The van der Waals surface area contributed by atoms with Crippen LogP contribution in [-0.4, -0.2) is 19.3 Å². The Bertz CT molecular complexity index is 440. The van der Waals surface area contributed by atoms with Gasteiger partial charge in [-0.1, -0.05) is 22.0 Å². The summed E-state index contributed by atoms with van der Waals surface area (Å²) >= 11 is 3.39. The molecule has 0 bridgehead atoms. The van der Waals surface area contributed by atoms with Gasteiger partial charge >= 0.3 is 6.18 Å². The summed E-state index contributed by atoms with van der Waals surface area (Å²) in [6.07, 6.45) is -3.76. The Morgan fingerprint density at radius 1 is 1.26 bits per heavy atom. The first kappa shape index (κ1) is 14.7. The second kappa shape index (κ2) is 5.71. The molecule has 0 radical (unpaired) electrons. The molecule has 106 valence electrons. The lowest BCUT2D eigenvalue weighted by Gasteiger charge is -2.35. The highest BCUT2D eigenvalue weighted by atomic mass is 79.9. The Morgan fingerprint density at radius 3 is 2.42 bits per heavy atom. The summed E-state index contributed by atoms with van der Waals surface area (Å²) in [5.74, 6) is -1.17. The zero-order valence-corrected chi connectivity index (χ0v) is 12.0. The maximum absolute atomic E-state index is 12.6. The minimum atomic E-state index is -4.07. The molecule has 2 N–H and O–H groups in total. The van der Waals surface area contributed by atoms with Crippen LogP contribution in [0.5, 0.6) is 0 Å². The van der Waals surface area contributed by atoms with Crippen LogP contribution in [0.15, 0.2) is 22.7 Å². The van der Waals surface area contributed by atoms with Gasteiger partial charge in [0.1, 0.15) is 0 Å². The predicted octanol–water partition coefficient (Wildman–Crippen LogP) is 3.69. The SMILES string of the molecule is NCc1ccc(Br)cc1N1CCC(C(F)(F)F)CC1. The van der Waals surface area contributed by atoms with E-state index in [2.05, 4.69) is 15.9 Å². The van der Waals surface area contributed by atoms with Gasteiger partial charge in [-0.15, -0.1) is 0 Å². The van der Waals surface area contributed by atoms with Crippen LogP contribution in [0.2, 0.25) is 0 Å². The van der Waals surface area contributed by atoms with Crippen LogP contribution in [0.1, 0.15) is 18.4 Å². The number of hydrogen-bond acceptors (Lipinski definition) is 2. The first-order valence-electron chi connectivity index (χ1n) is 6.22. The maximum atomic E-state index is 12.6. The van der Waals surface area contributed by atoms with Gasteiger partial charge in [0.05, 0.1) is 5.92 Å². The first-order chi connectivity index (χ1) is 8.91. The number of anilines is 1. The normalized spacial score (nSPS) is 17.8. The summed E-state index contributed by atoms with van der Waals surface area (Å²) in [5, 5.41) is 0. The van der Waals surface area contributed by atoms with Gasteiger partial charge in [0.2, 0.25) is 0 Å². The van der Waals surface area contributed by atoms with E-state index in [4.69, 9.17) is 5.73 Å². The van der Waals surface area contributed by atoms with Crippen LogP contribution < -0.4 is 10.6 Å². The number of nitrogens with zero attached hydrogens (tertiary/aromatic N) is 1. The molecular weight excluding hydrogens is 321 g/mol. The summed E-state index contributed by atoms with van der Waals surface area (Å²) < 4.78 is 38.8. The number of halogens is 4. The van der Waals surface area contributed by atoms with E-state index in [0.29, 0.717) is 19.6 Å². The van der Waals surface area contributed by atoms with Crippen LogP contribution in [0.4, 0.5) is 18.9 Å². The molecule has 19 heavy (non-hydrogen) atoms. The lowest BCUT2D eigenvalue weighted by atomic mass is 9.95. The van der Waals surface area contributed by atoms with E-state index < -0.39 is 12.1 Å². The fourth-order valence-electron chi connectivity index (χ4n) is 2.45. The van der Waals surface area contributed by atoms with Gasteiger partial charge in [-0.05, 0) is 30.5 Å². The molecule has 1 heterocycles. The van der Waals surface area contributed by atoms with E-state index in [0.717, 1.165) is 15.7 Å². The molecule has 1 aliphatic heterocycles. The van der Waals surface area contributed by atoms with E-state index in [-0.39, 0.29) is 12.8 Å². The third-order valence-corrected chi connectivity index (χ3v) is 4.06. The topological polar surface area (TPSA) is 29.3 Å². The number of rotatable bonds is 2. The molecule has 1 aliphatic rings. The largest absolute Gasteiger partial charge is 0.391 e. The molecule has 1 aromatic carbocycles. The smallest absolute Gasteiger partial charge is 0.371 e. The third kappa shape index (κ3) is 3.42. The zero-order chi connectivity index (χ0) is 14.0. The van der Waals surface area contributed by atoms with Gasteiger partial charge < -0.3 is 10.6 Å². The van der Waals surface area contributed by atoms with Gasteiger partial charge in [0, 0.05) is 29.8 Å². The lowest BCUT2D eigenvalue weighted by molar-refractivity contribution is -0.179. The van der Waals surface area contributed by atoms with Crippen LogP contribution in [0.25, 0.3) is 0 Å². The summed E-state index contributed by atoms with van der Waals surface area (Å²) in [7, 11) is 0. The molecule has 6 heteroatoms. The monoisotopic (exact) mass is 336 g/mol. The first-order valence-corrected chi connectivity index (χ1v) is 7.01. The van der Waals surface area contributed by atoms with Gasteiger partial charge in [-0.2, -0.15) is 13.2 Å². The number of nitrogens with two attached hydrogens (primary N) is 1.